The number of ether oxygens (including phenoxy) is 3. The predicted molar refractivity (Wildman–Crippen MR) is 122 cm³/mol. The van der Waals surface area contributed by atoms with Crippen molar-refractivity contribution in [1.29, 1.82) is 0 Å². The highest BCUT2D eigenvalue weighted by atomic mass is 16.5. The molecule has 0 N–H and O–H groups in total. The van der Waals surface area contributed by atoms with E-state index in [9.17, 15) is 0 Å². The largest absolute Gasteiger partial charge is 0.497 e. The lowest BCUT2D eigenvalue weighted by Crippen LogP contribution is -2.05. The quantitative estimate of drug-likeness (QED) is 0.403. The van der Waals surface area contributed by atoms with Crippen LogP contribution < -0.4 is 19.6 Å². The van der Waals surface area contributed by atoms with E-state index in [1.54, 1.807) is 21.3 Å². The zero-order valence-electron chi connectivity index (χ0n) is 18.4. The lowest BCUT2D eigenvalue weighted by atomic mass is 10.0. The molecule has 0 aliphatic rings. The standard InChI is InChI=1S/C26H25NO4/c1-16-12-17(2)26-21(27-19-8-11-22(29-4)24(14-19)30-5)15-23(31-25(26)13-16)18-6-9-20(28-3)10-7-18/h6-15H,1-5H3. The minimum absolute atomic E-state index is 0.636. The molecule has 1 heterocycles. The summed E-state index contributed by atoms with van der Waals surface area (Å²) in [4.78, 5) is 4.94. The first-order valence-electron chi connectivity index (χ1n) is 9.98. The second-order valence-corrected chi connectivity index (χ2v) is 7.33. The van der Waals surface area contributed by atoms with E-state index < -0.39 is 0 Å². The number of aryl methyl sites for hydroxylation is 2. The van der Waals surface area contributed by atoms with Crippen LogP contribution in [0.25, 0.3) is 22.3 Å². The van der Waals surface area contributed by atoms with Crippen LogP contribution in [-0.2, 0) is 0 Å². The van der Waals surface area contributed by atoms with Gasteiger partial charge in [0, 0.05) is 23.1 Å². The van der Waals surface area contributed by atoms with Crippen LogP contribution in [0.2, 0.25) is 0 Å². The number of hydrogen-bond donors (Lipinski definition) is 0. The Morgan fingerprint density at radius 1 is 0.742 bits per heavy atom. The molecule has 0 bridgehead atoms. The Morgan fingerprint density at radius 2 is 1.48 bits per heavy atom. The molecule has 0 spiro atoms. The SMILES string of the molecule is COc1ccc(-c2cc(=Nc3ccc(OC)c(OC)c3)c3c(C)cc(C)cc3o2)cc1. The Hall–Kier alpha value is -3.73. The van der Waals surface area contributed by atoms with Crippen molar-refractivity contribution in [2.75, 3.05) is 21.3 Å². The number of benzene rings is 3. The van der Waals surface area contributed by atoms with E-state index in [0.29, 0.717) is 11.5 Å². The van der Waals surface area contributed by atoms with Crippen LogP contribution in [0.5, 0.6) is 17.2 Å². The topological polar surface area (TPSA) is 53.2 Å². The van der Waals surface area contributed by atoms with Gasteiger partial charge in [0.05, 0.1) is 32.4 Å². The monoisotopic (exact) mass is 415 g/mol. The summed E-state index contributed by atoms with van der Waals surface area (Å²) in [6, 6.07) is 19.6. The number of rotatable bonds is 5. The highest BCUT2D eigenvalue weighted by Crippen LogP contribution is 2.31. The van der Waals surface area contributed by atoms with Crippen LogP contribution in [0.1, 0.15) is 11.1 Å². The van der Waals surface area contributed by atoms with Gasteiger partial charge in [-0.3, -0.25) is 0 Å². The van der Waals surface area contributed by atoms with Crippen LogP contribution in [-0.4, -0.2) is 21.3 Å². The second kappa shape index (κ2) is 8.56. The fraction of sp³-hybridized carbons (Fsp3) is 0.192. The molecule has 5 heteroatoms. The van der Waals surface area contributed by atoms with E-state index in [1.807, 2.05) is 54.6 Å². The minimum Gasteiger partial charge on any atom is -0.497 e. The molecule has 0 fully saturated rings. The minimum atomic E-state index is 0.636. The Balaban J connectivity index is 1.97. The van der Waals surface area contributed by atoms with Crippen LogP contribution >= 0.6 is 0 Å². The molecule has 0 amide bonds. The van der Waals surface area contributed by atoms with Gasteiger partial charge in [-0.1, -0.05) is 6.07 Å². The summed E-state index contributed by atoms with van der Waals surface area (Å²) < 4.78 is 22.4. The van der Waals surface area contributed by atoms with E-state index in [-0.39, 0.29) is 0 Å². The first-order valence-corrected chi connectivity index (χ1v) is 9.98. The van der Waals surface area contributed by atoms with E-state index in [1.165, 1.54) is 0 Å². The van der Waals surface area contributed by atoms with Crippen molar-refractivity contribution in [3.05, 3.63) is 77.1 Å². The average Bonchev–Trinajstić information content (AvgIpc) is 2.78. The maximum atomic E-state index is 6.30. The fourth-order valence-electron chi connectivity index (χ4n) is 3.70. The third-order valence-electron chi connectivity index (χ3n) is 5.18. The van der Waals surface area contributed by atoms with E-state index in [2.05, 4.69) is 19.9 Å². The molecule has 0 aliphatic carbocycles. The van der Waals surface area contributed by atoms with Gasteiger partial charge in [-0.25, -0.2) is 4.99 Å². The number of hydrogen-bond acceptors (Lipinski definition) is 5. The normalized spacial score (nSPS) is 11.6. The van der Waals surface area contributed by atoms with E-state index in [0.717, 1.165) is 50.2 Å². The maximum absolute atomic E-state index is 6.30. The van der Waals surface area contributed by atoms with Crippen molar-refractivity contribution in [3.8, 4) is 28.6 Å². The van der Waals surface area contributed by atoms with Crippen molar-refractivity contribution in [2.24, 2.45) is 4.99 Å². The van der Waals surface area contributed by atoms with Gasteiger partial charge in [0.25, 0.3) is 0 Å². The summed E-state index contributed by atoms with van der Waals surface area (Å²) in [6.45, 7) is 4.14. The van der Waals surface area contributed by atoms with Gasteiger partial charge in [-0.05, 0) is 67.4 Å². The summed E-state index contributed by atoms with van der Waals surface area (Å²) in [5, 5.41) is 1.81. The smallest absolute Gasteiger partial charge is 0.162 e. The summed E-state index contributed by atoms with van der Waals surface area (Å²) in [7, 11) is 4.89. The van der Waals surface area contributed by atoms with Crippen molar-refractivity contribution < 1.29 is 18.6 Å². The van der Waals surface area contributed by atoms with Gasteiger partial charge in [-0.2, -0.15) is 0 Å². The third-order valence-corrected chi connectivity index (χ3v) is 5.18. The van der Waals surface area contributed by atoms with Gasteiger partial charge in [0.2, 0.25) is 0 Å². The van der Waals surface area contributed by atoms with Crippen LogP contribution in [0.3, 0.4) is 0 Å². The molecule has 4 aromatic rings. The van der Waals surface area contributed by atoms with E-state index >= 15 is 0 Å². The van der Waals surface area contributed by atoms with Gasteiger partial charge in [-0.15, -0.1) is 0 Å². The molecule has 3 aromatic carbocycles. The Kier molecular flexibility index (Phi) is 5.67. The van der Waals surface area contributed by atoms with Crippen molar-refractivity contribution in [1.82, 2.24) is 0 Å². The molecular formula is C26H25NO4. The highest BCUT2D eigenvalue weighted by molar-refractivity contribution is 5.82. The Labute approximate surface area is 181 Å². The molecule has 0 saturated carbocycles. The molecule has 4 rings (SSSR count). The molecular weight excluding hydrogens is 390 g/mol. The average molecular weight is 415 g/mol. The summed E-state index contributed by atoms with van der Waals surface area (Å²) in [6.07, 6.45) is 0. The summed E-state index contributed by atoms with van der Waals surface area (Å²) in [5.74, 6) is 2.84. The molecule has 0 radical (unpaired) electrons. The molecule has 0 saturated heterocycles. The van der Waals surface area contributed by atoms with Crippen LogP contribution in [0, 0.1) is 13.8 Å². The molecule has 5 nitrogen and oxygen atoms in total. The Bertz CT molecular complexity index is 1300. The first kappa shape index (κ1) is 20.5. The molecule has 0 aliphatic heterocycles. The first-order chi connectivity index (χ1) is 15.0. The lowest BCUT2D eigenvalue weighted by molar-refractivity contribution is 0.355. The predicted octanol–water partition coefficient (Wildman–Crippen LogP) is 5.97. The zero-order valence-corrected chi connectivity index (χ0v) is 18.4. The molecule has 0 unspecified atom stereocenters. The number of methoxy groups -OCH3 is 3. The highest BCUT2D eigenvalue weighted by Gasteiger charge is 2.10. The second-order valence-electron chi connectivity index (χ2n) is 7.33. The molecule has 0 atom stereocenters. The number of fused-ring (bicyclic) bond motifs is 1. The Morgan fingerprint density at radius 3 is 2.16 bits per heavy atom. The summed E-state index contributed by atoms with van der Waals surface area (Å²) in [5.41, 5.74) is 4.76. The zero-order chi connectivity index (χ0) is 22.0. The van der Waals surface area contributed by atoms with Gasteiger partial charge in [0.1, 0.15) is 17.1 Å². The maximum Gasteiger partial charge on any atom is 0.162 e. The summed E-state index contributed by atoms with van der Waals surface area (Å²) >= 11 is 0. The van der Waals surface area contributed by atoms with Crippen LogP contribution in [0.15, 0.2) is 70.1 Å². The van der Waals surface area contributed by atoms with Crippen LogP contribution in [0.4, 0.5) is 5.69 Å². The van der Waals surface area contributed by atoms with Crippen molar-refractivity contribution >= 4 is 16.7 Å². The molecule has 31 heavy (non-hydrogen) atoms. The fourth-order valence-corrected chi connectivity index (χ4v) is 3.70. The van der Waals surface area contributed by atoms with Crippen molar-refractivity contribution in [2.45, 2.75) is 13.8 Å². The van der Waals surface area contributed by atoms with Gasteiger partial charge < -0.3 is 18.6 Å². The number of nitrogens with zero attached hydrogens (tertiary/aromatic N) is 1. The van der Waals surface area contributed by atoms with Crippen molar-refractivity contribution in [3.63, 3.8) is 0 Å². The molecule has 1 aromatic heterocycles. The van der Waals surface area contributed by atoms with E-state index in [4.69, 9.17) is 23.6 Å². The lowest BCUT2D eigenvalue weighted by Gasteiger charge is -2.10. The third kappa shape index (κ3) is 4.12. The van der Waals surface area contributed by atoms with Gasteiger partial charge in [0.15, 0.2) is 11.5 Å². The van der Waals surface area contributed by atoms with Gasteiger partial charge >= 0.3 is 0 Å². The molecule has 158 valence electrons.